The number of benzene rings is 1. The van der Waals surface area contributed by atoms with Gasteiger partial charge in [-0.3, -0.25) is 0 Å². The van der Waals surface area contributed by atoms with Crippen LogP contribution in [0.1, 0.15) is 49.3 Å². The first-order valence-electron chi connectivity index (χ1n) is 6.81. The highest BCUT2D eigenvalue weighted by Gasteiger charge is 2.42. The summed E-state index contributed by atoms with van der Waals surface area (Å²) in [5, 5.41) is 9.39. The molecule has 1 aliphatic rings. The van der Waals surface area contributed by atoms with Crippen LogP contribution < -0.4 is 0 Å². The summed E-state index contributed by atoms with van der Waals surface area (Å²) < 4.78 is 2.18. The Balaban J connectivity index is 2.33. The van der Waals surface area contributed by atoms with Crippen LogP contribution in [0.25, 0.3) is 11.0 Å². The van der Waals surface area contributed by atoms with Gasteiger partial charge in [-0.1, -0.05) is 13.0 Å². The topological polar surface area (TPSA) is 55.1 Å². The van der Waals surface area contributed by atoms with E-state index in [1.54, 1.807) is 12.1 Å². The van der Waals surface area contributed by atoms with Gasteiger partial charge in [0.2, 0.25) is 0 Å². The number of carbonyl (C=O) groups is 1. The predicted molar refractivity (Wildman–Crippen MR) is 73.6 cm³/mol. The van der Waals surface area contributed by atoms with Gasteiger partial charge in [0.1, 0.15) is 5.82 Å². The van der Waals surface area contributed by atoms with Crippen LogP contribution >= 0.6 is 0 Å². The maximum Gasteiger partial charge on any atom is 0.337 e. The zero-order valence-electron chi connectivity index (χ0n) is 11.3. The minimum atomic E-state index is -0.876. The molecule has 0 bridgehead atoms. The van der Waals surface area contributed by atoms with E-state index in [9.17, 15) is 9.90 Å². The first-order valence-corrected chi connectivity index (χ1v) is 6.81. The third-order valence-corrected chi connectivity index (χ3v) is 3.96. The minimum absolute atomic E-state index is 0.0603. The molecule has 1 aromatic carbocycles. The summed E-state index contributed by atoms with van der Waals surface area (Å²) in [5.74, 6) is 0.144. The van der Waals surface area contributed by atoms with E-state index >= 15 is 0 Å². The van der Waals surface area contributed by atoms with E-state index in [1.165, 1.54) is 0 Å². The van der Waals surface area contributed by atoms with E-state index < -0.39 is 5.97 Å². The Morgan fingerprint density at radius 2 is 2.21 bits per heavy atom. The highest BCUT2D eigenvalue weighted by atomic mass is 16.4. The molecular weight excluding hydrogens is 240 g/mol. The van der Waals surface area contributed by atoms with Crippen molar-refractivity contribution in [3.63, 3.8) is 0 Å². The number of fused-ring (bicyclic) bond motifs is 1. The molecule has 0 radical (unpaired) electrons. The fraction of sp³-hybridized carbons (Fsp3) is 0.467. The van der Waals surface area contributed by atoms with E-state index in [-0.39, 0.29) is 5.54 Å². The van der Waals surface area contributed by atoms with Gasteiger partial charge in [-0.2, -0.15) is 0 Å². The molecule has 3 rings (SSSR count). The van der Waals surface area contributed by atoms with E-state index in [0.29, 0.717) is 5.56 Å². The van der Waals surface area contributed by atoms with Crippen molar-refractivity contribution in [2.75, 3.05) is 0 Å². The monoisotopic (exact) mass is 258 g/mol. The van der Waals surface area contributed by atoms with Crippen molar-refractivity contribution in [3.8, 4) is 0 Å². The molecule has 0 amide bonds. The summed E-state index contributed by atoms with van der Waals surface area (Å²) in [5.41, 5.74) is 2.01. The number of carboxylic acids is 1. The molecule has 1 aliphatic carbocycles. The smallest absolute Gasteiger partial charge is 0.337 e. The van der Waals surface area contributed by atoms with Crippen LogP contribution in [0.2, 0.25) is 0 Å². The molecule has 19 heavy (non-hydrogen) atoms. The Labute approximate surface area is 112 Å². The van der Waals surface area contributed by atoms with E-state index in [4.69, 9.17) is 0 Å². The van der Waals surface area contributed by atoms with Crippen LogP contribution in [0.3, 0.4) is 0 Å². The number of aryl methyl sites for hydroxylation is 1. The highest BCUT2D eigenvalue weighted by molar-refractivity contribution is 6.01. The number of hydrogen-bond donors (Lipinski definition) is 1. The van der Waals surface area contributed by atoms with Gasteiger partial charge in [0, 0.05) is 12.0 Å². The maximum atomic E-state index is 11.4. The summed E-state index contributed by atoms with van der Waals surface area (Å²) >= 11 is 0. The summed E-state index contributed by atoms with van der Waals surface area (Å²) in [4.78, 5) is 16.1. The fourth-order valence-electron chi connectivity index (χ4n) is 2.72. The molecule has 1 saturated carbocycles. The average molecular weight is 258 g/mol. The number of hydrogen-bond acceptors (Lipinski definition) is 2. The highest BCUT2D eigenvalue weighted by Crippen LogP contribution is 2.46. The lowest BCUT2D eigenvalue weighted by Gasteiger charge is -2.17. The van der Waals surface area contributed by atoms with E-state index in [0.717, 1.165) is 42.5 Å². The third-order valence-electron chi connectivity index (χ3n) is 3.96. The summed E-state index contributed by atoms with van der Waals surface area (Å²) in [6.07, 6.45) is 4.11. The van der Waals surface area contributed by atoms with Gasteiger partial charge in [-0.05, 0) is 38.3 Å². The van der Waals surface area contributed by atoms with Crippen LogP contribution in [0, 0.1) is 0 Å². The zero-order valence-corrected chi connectivity index (χ0v) is 11.3. The molecule has 4 heteroatoms. The van der Waals surface area contributed by atoms with Crippen molar-refractivity contribution in [2.45, 2.75) is 45.1 Å². The molecule has 0 unspecified atom stereocenters. The summed E-state index contributed by atoms with van der Waals surface area (Å²) in [7, 11) is 0. The molecule has 1 N–H and O–H groups in total. The summed E-state index contributed by atoms with van der Waals surface area (Å²) in [6.45, 7) is 4.31. The van der Waals surface area contributed by atoms with Gasteiger partial charge in [0.25, 0.3) is 0 Å². The van der Waals surface area contributed by atoms with Crippen LogP contribution in [-0.4, -0.2) is 20.6 Å². The van der Waals surface area contributed by atoms with E-state index in [1.807, 2.05) is 6.07 Å². The molecule has 0 saturated heterocycles. The van der Waals surface area contributed by atoms with Gasteiger partial charge in [-0.25, -0.2) is 9.78 Å². The first kappa shape index (κ1) is 12.2. The minimum Gasteiger partial charge on any atom is -0.478 e. The Kier molecular flexibility index (Phi) is 2.62. The number of nitrogens with zero attached hydrogens (tertiary/aromatic N) is 2. The molecule has 2 aromatic rings. The Morgan fingerprint density at radius 1 is 1.47 bits per heavy atom. The zero-order chi connectivity index (χ0) is 13.6. The van der Waals surface area contributed by atoms with Gasteiger partial charge in [0.05, 0.1) is 16.6 Å². The Bertz CT molecular complexity index is 653. The molecule has 1 fully saturated rings. The lowest BCUT2D eigenvalue weighted by molar-refractivity contribution is 0.0698. The number of rotatable bonds is 4. The SMILES string of the molecule is CCCc1nc2cccc(C(=O)O)c2n1C1(C)CC1. The second-order valence-corrected chi connectivity index (χ2v) is 5.59. The lowest BCUT2D eigenvalue weighted by Crippen LogP contribution is -2.17. The Hall–Kier alpha value is -1.84. The second kappa shape index (κ2) is 4.08. The van der Waals surface area contributed by atoms with Crippen LogP contribution in [0.15, 0.2) is 18.2 Å². The number of carboxylic acid groups (broad SMARTS) is 1. The molecule has 0 atom stereocenters. The normalized spacial score (nSPS) is 16.7. The number of aromatic carboxylic acids is 1. The number of imidazole rings is 1. The van der Waals surface area contributed by atoms with Gasteiger partial charge in [0.15, 0.2) is 0 Å². The third kappa shape index (κ3) is 1.82. The quantitative estimate of drug-likeness (QED) is 0.916. The molecule has 1 aromatic heterocycles. The van der Waals surface area contributed by atoms with Gasteiger partial charge >= 0.3 is 5.97 Å². The van der Waals surface area contributed by atoms with Gasteiger partial charge in [-0.15, -0.1) is 0 Å². The van der Waals surface area contributed by atoms with Crippen molar-refractivity contribution < 1.29 is 9.90 Å². The van der Waals surface area contributed by atoms with Crippen molar-refractivity contribution >= 4 is 17.0 Å². The fourth-order valence-corrected chi connectivity index (χ4v) is 2.72. The average Bonchev–Trinajstić information content (AvgIpc) is 2.99. The molecule has 0 aliphatic heterocycles. The van der Waals surface area contributed by atoms with E-state index in [2.05, 4.69) is 23.4 Å². The van der Waals surface area contributed by atoms with Crippen molar-refractivity contribution in [1.29, 1.82) is 0 Å². The molecule has 100 valence electrons. The largest absolute Gasteiger partial charge is 0.478 e. The van der Waals surface area contributed by atoms with Crippen LogP contribution in [0.4, 0.5) is 0 Å². The Morgan fingerprint density at radius 3 is 2.79 bits per heavy atom. The van der Waals surface area contributed by atoms with Gasteiger partial charge < -0.3 is 9.67 Å². The molecular formula is C15H18N2O2. The molecule has 0 spiro atoms. The molecule has 4 nitrogen and oxygen atoms in total. The van der Waals surface area contributed by atoms with Crippen molar-refractivity contribution in [2.24, 2.45) is 0 Å². The predicted octanol–water partition coefficient (Wildman–Crippen LogP) is 3.20. The van der Waals surface area contributed by atoms with Crippen molar-refractivity contribution in [1.82, 2.24) is 9.55 Å². The number of para-hydroxylation sites is 1. The first-order chi connectivity index (χ1) is 9.07. The summed E-state index contributed by atoms with van der Waals surface area (Å²) in [6, 6.07) is 5.35. The second-order valence-electron chi connectivity index (χ2n) is 5.59. The molecule has 1 heterocycles. The standard InChI is InChI=1S/C15H18N2O2/c1-3-5-12-16-11-7-4-6-10(14(18)19)13(11)17(12)15(2)8-9-15/h4,6-7H,3,5,8-9H2,1-2H3,(H,18,19). The van der Waals surface area contributed by atoms with Crippen molar-refractivity contribution in [3.05, 3.63) is 29.6 Å². The number of aromatic nitrogens is 2. The van der Waals surface area contributed by atoms with Crippen LogP contribution in [0.5, 0.6) is 0 Å². The van der Waals surface area contributed by atoms with Crippen LogP contribution in [-0.2, 0) is 12.0 Å². The lowest BCUT2D eigenvalue weighted by atomic mass is 10.1. The maximum absolute atomic E-state index is 11.4.